The van der Waals surface area contributed by atoms with Crippen LogP contribution in [0.4, 0.5) is 5.13 Å². The molecule has 1 aliphatic heterocycles. The van der Waals surface area contributed by atoms with E-state index in [-0.39, 0.29) is 30.5 Å². The fraction of sp³-hybridized carbons (Fsp3) is 0.333. The maximum Gasteiger partial charge on any atom is 0.245 e. The quantitative estimate of drug-likeness (QED) is 0.866. The van der Waals surface area contributed by atoms with Gasteiger partial charge in [0.25, 0.3) is 0 Å². The van der Waals surface area contributed by atoms with Gasteiger partial charge >= 0.3 is 0 Å². The van der Waals surface area contributed by atoms with Gasteiger partial charge in [0.05, 0.1) is 18.4 Å². The number of carbonyl (C=O) groups excluding carboxylic acids is 1. The standard InChI is InChI=1S/C15H16ClN3O2S.ClH/c1-9-13(17-5-6-21-9)14(20)19-15-18-12(8-22-15)10-3-2-4-11(16)7-10;/h2-4,7-9,13,17H,5-6H2,1H3,(H,18,19,20);1H/t9-,13+;/m1./s1. The second-order valence-corrected chi connectivity index (χ2v) is 6.34. The van der Waals surface area contributed by atoms with Crippen LogP contribution >= 0.6 is 35.3 Å². The second-order valence-electron chi connectivity index (χ2n) is 5.05. The van der Waals surface area contributed by atoms with Gasteiger partial charge in [0.1, 0.15) is 6.04 Å². The Balaban J connectivity index is 0.00000192. The first-order chi connectivity index (χ1) is 10.6. The van der Waals surface area contributed by atoms with Gasteiger partial charge in [0.2, 0.25) is 5.91 Å². The molecule has 0 unspecified atom stereocenters. The third-order valence-electron chi connectivity index (χ3n) is 3.45. The third kappa shape index (κ3) is 4.43. The number of anilines is 1. The number of thiazole rings is 1. The van der Waals surface area contributed by atoms with Crippen LogP contribution in [0.5, 0.6) is 0 Å². The Morgan fingerprint density at radius 2 is 2.35 bits per heavy atom. The van der Waals surface area contributed by atoms with Crippen molar-refractivity contribution >= 4 is 46.4 Å². The summed E-state index contributed by atoms with van der Waals surface area (Å²) >= 11 is 7.38. The zero-order chi connectivity index (χ0) is 15.5. The van der Waals surface area contributed by atoms with Gasteiger partial charge < -0.3 is 15.4 Å². The Labute approximate surface area is 149 Å². The maximum absolute atomic E-state index is 12.3. The SMILES string of the molecule is C[C@H]1OCCN[C@@H]1C(=O)Nc1nc(-c2cccc(Cl)c2)cs1.Cl. The Morgan fingerprint density at radius 1 is 1.52 bits per heavy atom. The Bertz CT molecular complexity index is 680. The van der Waals surface area contributed by atoms with Gasteiger partial charge in [-0.25, -0.2) is 4.98 Å². The van der Waals surface area contributed by atoms with E-state index in [2.05, 4.69) is 15.6 Å². The molecule has 1 amide bonds. The highest BCUT2D eigenvalue weighted by Crippen LogP contribution is 2.26. The normalized spacial score (nSPS) is 20.6. The molecule has 1 aliphatic rings. The molecule has 3 rings (SSSR count). The molecule has 124 valence electrons. The number of nitrogens with zero attached hydrogens (tertiary/aromatic N) is 1. The Hall–Kier alpha value is -1.18. The van der Waals surface area contributed by atoms with Crippen LogP contribution in [0.25, 0.3) is 11.3 Å². The number of morpholine rings is 1. The Kier molecular flexibility index (Phi) is 6.38. The second kappa shape index (κ2) is 8.08. The van der Waals surface area contributed by atoms with Crippen molar-refractivity contribution in [2.75, 3.05) is 18.5 Å². The lowest BCUT2D eigenvalue weighted by Crippen LogP contribution is -2.53. The molecular weight excluding hydrogens is 357 g/mol. The van der Waals surface area contributed by atoms with Crippen LogP contribution in [-0.2, 0) is 9.53 Å². The summed E-state index contributed by atoms with van der Waals surface area (Å²) in [5.74, 6) is -0.126. The number of rotatable bonds is 3. The average Bonchev–Trinajstić information content (AvgIpc) is 2.96. The van der Waals surface area contributed by atoms with E-state index in [1.165, 1.54) is 11.3 Å². The highest BCUT2D eigenvalue weighted by molar-refractivity contribution is 7.14. The lowest BCUT2D eigenvalue weighted by Gasteiger charge is -2.28. The first-order valence-electron chi connectivity index (χ1n) is 7.01. The molecule has 0 radical (unpaired) electrons. The number of nitrogens with one attached hydrogen (secondary N) is 2. The van der Waals surface area contributed by atoms with E-state index >= 15 is 0 Å². The predicted molar refractivity (Wildman–Crippen MR) is 95.6 cm³/mol. The zero-order valence-electron chi connectivity index (χ0n) is 12.4. The number of carbonyl (C=O) groups is 1. The topological polar surface area (TPSA) is 63.2 Å². The molecule has 1 fully saturated rings. The van der Waals surface area contributed by atoms with Crippen LogP contribution in [0.15, 0.2) is 29.6 Å². The van der Waals surface area contributed by atoms with Crippen molar-refractivity contribution in [3.8, 4) is 11.3 Å². The van der Waals surface area contributed by atoms with Crippen LogP contribution < -0.4 is 10.6 Å². The van der Waals surface area contributed by atoms with Crippen molar-refractivity contribution < 1.29 is 9.53 Å². The van der Waals surface area contributed by atoms with Crippen molar-refractivity contribution in [3.05, 3.63) is 34.7 Å². The van der Waals surface area contributed by atoms with Gasteiger partial charge in [0, 0.05) is 22.5 Å². The highest BCUT2D eigenvalue weighted by Gasteiger charge is 2.28. The summed E-state index contributed by atoms with van der Waals surface area (Å²) in [6.07, 6.45) is -0.152. The zero-order valence-corrected chi connectivity index (χ0v) is 14.8. The fourth-order valence-electron chi connectivity index (χ4n) is 2.32. The number of amides is 1. The molecule has 2 heterocycles. The smallest absolute Gasteiger partial charge is 0.245 e. The summed E-state index contributed by atoms with van der Waals surface area (Å²) in [4.78, 5) is 16.7. The van der Waals surface area contributed by atoms with Crippen molar-refractivity contribution in [1.82, 2.24) is 10.3 Å². The Morgan fingerprint density at radius 3 is 3.09 bits per heavy atom. The van der Waals surface area contributed by atoms with Crippen LogP contribution in [0, 0.1) is 0 Å². The minimum absolute atomic E-state index is 0. The monoisotopic (exact) mass is 373 g/mol. The van der Waals surface area contributed by atoms with Gasteiger partial charge in [-0.15, -0.1) is 23.7 Å². The molecule has 1 aromatic carbocycles. The predicted octanol–water partition coefficient (Wildman–Crippen LogP) is 3.20. The van der Waals surface area contributed by atoms with E-state index in [4.69, 9.17) is 16.3 Å². The summed E-state index contributed by atoms with van der Waals surface area (Å²) < 4.78 is 5.48. The van der Waals surface area contributed by atoms with Gasteiger partial charge in [0.15, 0.2) is 5.13 Å². The van der Waals surface area contributed by atoms with E-state index in [0.29, 0.717) is 23.3 Å². The van der Waals surface area contributed by atoms with Crippen LogP contribution in [0.2, 0.25) is 5.02 Å². The molecule has 2 aromatic rings. The number of aromatic nitrogens is 1. The molecular formula is C15H17Cl2N3O2S. The van der Waals surface area contributed by atoms with E-state index in [1.807, 2.05) is 36.6 Å². The summed E-state index contributed by atoms with van der Waals surface area (Å²) in [7, 11) is 0. The molecule has 23 heavy (non-hydrogen) atoms. The fourth-order valence-corrected chi connectivity index (χ4v) is 3.23. The first kappa shape index (κ1) is 18.2. The van der Waals surface area contributed by atoms with Gasteiger partial charge in [-0.05, 0) is 19.1 Å². The third-order valence-corrected chi connectivity index (χ3v) is 4.45. The average molecular weight is 374 g/mol. The first-order valence-corrected chi connectivity index (χ1v) is 8.26. The van der Waals surface area contributed by atoms with Gasteiger partial charge in [-0.2, -0.15) is 0 Å². The molecule has 1 aromatic heterocycles. The van der Waals surface area contributed by atoms with Crippen molar-refractivity contribution in [1.29, 1.82) is 0 Å². The van der Waals surface area contributed by atoms with Gasteiger partial charge in [-0.3, -0.25) is 4.79 Å². The van der Waals surface area contributed by atoms with E-state index in [9.17, 15) is 4.79 Å². The van der Waals surface area contributed by atoms with Crippen LogP contribution in [0.1, 0.15) is 6.92 Å². The highest BCUT2D eigenvalue weighted by atomic mass is 35.5. The van der Waals surface area contributed by atoms with Crippen molar-refractivity contribution in [2.24, 2.45) is 0 Å². The number of hydrogen-bond acceptors (Lipinski definition) is 5. The van der Waals surface area contributed by atoms with E-state index in [0.717, 1.165) is 11.3 Å². The van der Waals surface area contributed by atoms with Crippen LogP contribution in [-0.4, -0.2) is 36.2 Å². The van der Waals surface area contributed by atoms with Crippen molar-refractivity contribution in [2.45, 2.75) is 19.1 Å². The summed E-state index contributed by atoms with van der Waals surface area (Å²) in [6.45, 7) is 3.19. The van der Waals surface area contributed by atoms with E-state index < -0.39 is 0 Å². The number of hydrogen-bond donors (Lipinski definition) is 2. The number of benzene rings is 1. The van der Waals surface area contributed by atoms with E-state index in [1.54, 1.807) is 0 Å². The molecule has 2 N–H and O–H groups in total. The van der Waals surface area contributed by atoms with Crippen molar-refractivity contribution in [3.63, 3.8) is 0 Å². The molecule has 0 saturated carbocycles. The molecule has 5 nitrogen and oxygen atoms in total. The maximum atomic E-state index is 12.3. The lowest BCUT2D eigenvalue weighted by atomic mass is 10.1. The minimum atomic E-state index is -0.354. The minimum Gasteiger partial charge on any atom is -0.375 e. The van der Waals surface area contributed by atoms with Gasteiger partial charge in [-0.1, -0.05) is 23.7 Å². The summed E-state index contributed by atoms with van der Waals surface area (Å²) in [5.41, 5.74) is 1.72. The largest absolute Gasteiger partial charge is 0.375 e. The molecule has 0 bridgehead atoms. The lowest BCUT2D eigenvalue weighted by molar-refractivity contribution is -0.123. The molecule has 8 heteroatoms. The summed E-state index contributed by atoms with van der Waals surface area (Å²) in [6, 6.07) is 7.12. The molecule has 0 aliphatic carbocycles. The molecule has 0 spiro atoms. The molecule has 2 atom stereocenters. The molecule has 1 saturated heterocycles. The number of ether oxygens (including phenoxy) is 1. The van der Waals surface area contributed by atoms with Crippen LogP contribution in [0.3, 0.4) is 0 Å². The summed E-state index contributed by atoms with van der Waals surface area (Å²) in [5, 5.41) is 9.12. The number of halogens is 2.